The lowest BCUT2D eigenvalue weighted by molar-refractivity contribution is -0.137. The third-order valence-electron chi connectivity index (χ3n) is 3.05. The highest BCUT2D eigenvalue weighted by atomic mass is 16.4. The van der Waals surface area contributed by atoms with Crippen LogP contribution >= 0.6 is 0 Å². The minimum absolute atomic E-state index is 0.0204. The van der Waals surface area contributed by atoms with Crippen LogP contribution in [0.2, 0.25) is 0 Å². The Labute approximate surface area is 108 Å². The molecule has 0 radical (unpaired) electrons. The van der Waals surface area contributed by atoms with E-state index in [9.17, 15) is 9.59 Å². The van der Waals surface area contributed by atoms with Gasteiger partial charge in [0.1, 0.15) is 0 Å². The maximum Gasteiger partial charge on any atom is 0.320 e. The summed E-state index contributed by atoms with van der Waals surface area (Å²) in [5.74, 6) is -0.855. The van der Waals surface area contributed by atoms with E-state index < -0.39 is 5.97 Å². The molecule has 1 saturated carbocycles. The molecule has 0 bridgehead atoms. The summed E-state index contributed by atoms with van der Waals surface area (Å²) >= 11 is 0. The monoisotopic (exact) mass is 257 g/mol. The van der Waals surface area contributed by atoms with Crippen LogP contribution in [0.15, 0.2) is 0 Å². The van der Waals surface area contributed by atoms with Crippen LogP contribution in [-0.4, -0.2) is 66.7 Å². The van der Waals surface area contributed by atoms with Gasteiger partial charge in [0.25, 0.3) is 0 Å². The molecule has 18 heavy (non-hydrogen) atoms. The van der Waals surface area contributed by atoms with Crippen molar-refractivity contribution in [3.63, 3.8) is 0 Å². The molecule has 104 valence electrons. The molecule has 0 aliphatic heterocycles. The van der Waals surface area contributed by atoms with Gasteiger partial charge in [-0.15, -0.1) is 0 Å². The molecule has 1 fully saturated rings. The number of aliphatic carboxylic acids is 1. The standard InChI is InChI=1S/C12H23N3O3/c1-13-7-3-8-14(2)12(18)15(10-4-5-10)9-6-11(16)17/h10,13H,3-9H2,1-2H3,(H,16,17). The Morgan fingerprint density at radius 3 is 2.50 bits per heavy atom. The second-order valence-corrected chi connectivity index (χ2v) is 4.73. The Bertz CT molecular complexity index is 292. The zero-order valence-corrected chi connectivity index (χ0v) is 11.2. The van der Waals surface area contributed by atoms with Gasteiger partial charge in [-0.3, -0.25) is 4.79 Å². The zero-order valence-electron chi connectivity index (χ0n) is 11.2. The van der Waals surface area contributed by atoms with Crippen molar-refractivity contribution < 1.29 is 14.7 Å². The SMILES string of the molecule is CNCCCN(C)C(=O)N(CCC(=O)O)C1CC1. The first-order valence-electron chi connectivity index (χ1n) is 6.44. The van der Waals surface area contributed by atoms with Gasteiger partial charge in [-0.25, -0.2) is 4.79 Å². The molecule has 0 unspecified atom stereocenters. The number of urea groups is 1. The maximum absolute atomic E-state index is 12.2. The maximum atomic E-state index is 12.2. The van der Waals surface area contributed by atoms with E-state index in [1.165, 1.54) is 0 Å². The second kappa shape index (κ2) is 7.20. The first-order chi connectivity index (χ1) is 8.56. The van der Waals surface area contributed by atoms with Crippen molar-refractivity contribution in [2.24, 2.45) is 0 Å². The Hall–Kier alpha value is -1.30. The van der Waals surface area contributed by atoms with Gasteiger partial charge in [-0.2, -0.15) is 0 Å². The number of carbonyl (C=O) groups excluding carboxylic acids is 1. The van der Waals surface area contributed by atoms with Crippen molar-refractivity contribution in [1.82, 2.24) is 15.1 Å². The van der Waals surface area contributed by atoms with Crippen LogP contribution in [0.25, 0.3) is 0 Å². The van der Waals surface area contributed by atoms with Gasteiger partial charge in [-0.1, -0.05) is 0 Å². The van der Waals surface area contributed by atoms with Gasteiger partial charge < -0.3 is 20.2 Å². The average molecular weight is 257 g/mol. The summed E-state index contributed by atoms with van der Waals surface area (Å²) in [6, 6.07) is 0.207. The third-order valence-corrected chi connectivity index (χ3v) is 3.05. The van der Waals surface area contributed by atoms with Crippen molar-refractivity contribution in [2.45, 2.75) is 31.7 Å². The van der Waals surface area contributed by atoms with E-state index in [2.05, 4.69) is 5.32 Å². The lowest BCUT2D eigenvalue weighted by Crippen LogP contribution is -2.44. The molecule has 2 amide bonds. The molecule has 0 aromatic heterocycles. The van der Waals surface area contributed by atoms with Crippen LogP contribution in [0, 0.1) is 0 Å². The van der Waals surface area contributed by atoms with Crippen LogP contribution in [0.4, 0.5) is 4.79 Å². The van der Waals surface area contributed by atoms with Gasteiger partial charge in [0.2, 0.25) is 0 Å². The summed E-state index contributed by atoms with van der Waals surface area (Å²) in [7, 11) is 3.65. The fraction of sp³-hybridized carbons (Fsp3) is 0.833. The predicted molar refractivity (Wildman–Crippen MR) is 68.6 cm³/mol. The van der Waals surface area contributed by atoms with E-state index in [0.29, 0.717) is 13.1 Å². The van der Waals surface area contributed by atoms with Gasteiger partial charge in [0, 0.05) is 26.2 Å². The number of rotatable bonds is 8. The molecular formula is C12H23N3O3. The molecule has 1 rings (SSSR count). The topological polar surface area (TPSA) is 72.9 Å². The Balaban J connectivity index is 2.40. The minimum Gasteiger partial charge on any atom is -0.481 e. The van der Waals surface area contributed by atoms with Crippen LogP contribution in [0.1, 0.15) is 25.7 Å². The molecule has 0 aromatic rings. The smallest absolute Gasteiger partial charge is 0.320 e. The number of carboxylic acid groups (broad SMARTS) is 1. The van der Waals surface area contributed by atoms with E-state index in [1.54, 1.807) is 16.8 Å². The molecule has 6 heteroatoms. The number of carboxylic acids is 1. The van der Waals surface area contributed by atoms with Crippen molar-refractivity contribution in [2.75, 3.05) is 33.7 Å². The number of amides is 2. The summed E-state index contributed by atoms with van der Waals surface area (Å²) in [5.41, 5.74) is 0. The molecule has 1 aliphatic carbocycles. The lowest BCUT2D eigenvalue weighted by Gasteiger charge is -2.28. The summed E-state index contributed by atoms with van der Waals surface area (Å²) in [6.07, 6.45) is 2.91. The fourth-order valence-corrected chi connectivity index (χ4v) is 1.84. The molecular weight excluding hydrogens is 234 g/mol. The van der Waals surface area contributed by atoms with E-state index in [1.807, 2.05) is 7.05 Å². The summed E-state index contributed by atoms with van der Waals surface area (Å²) in [6.45, 7) is 1.88. The van der Waals surface area contributed by atoms with E-state index >= 15 is 0 Å². The van der Waals surface area contributed by atoms with Crippen molar-refractivity contribution in [1.29, 1.82) is 0 Å². The van der Waals surface area contributed by atoms with Crippen LogP contribution in [0.5, 0.6) is 0 Å². The molecule has 6 nitrogen and oxygen atoms in total. The quantitative estimate of drug-likeness (QED) is 0.624. The second-order valence-electron chi connectivity index (χ2n) is 4.73. The number of nitrogens with zero attached hydrogens (tertiary/aromatic N) is 2. The normalized spacial score (nSPS) is 14.3. The van der Waals surface area contributed by atoms with E-state index in [-0.39, 0.29) is 18.5 Å². The fourth-order valence-electron chi connectivity index (χ4n) is 1.84. The van der Waals surface area contributed by atoms with Crippen molar-refractivity contribution in [3.8, 4) is 0 Å². The minimum atomic E-state index is -0.855. The largest absolute Gasteiger partial charge is 0.481 e. The lowest BCUT2D eigenvalue weighted by atomic mass is 10.3. The van der Waals surface area contributed by atoms with Crippen LogP contribution in [-0.2, 0) is 4.79 Å². The van der Waals surface area contributed by atoms with Gasteiger partial charge in [0.05, 0.1) is 6.42 Å². The highest BCUT2D eigenvalue weighted by Crippen LogP contribution is 2.27. The molecule has 0 heterocycles. The Morgan fingerprint density at radius 2 is 2.00 bits per heavy atom. The third kappa shape index (κ3) is 4.91. The highest BCUT2D eigenvalue weighted by Gasteiger charge is 2.33. The number of hydrogen-bond acceptors (Lipinski definition) is 3. The first kappa shape index (κ1) is 14.8. The van der Waals surface area contributed by atoms with E-state index in [0.717, 1.165) is 25.8 Å². The Kier molecular flexibility index (Phi) is 5.91. The van der Waals surface area contributed by atoms with Gasteiger partial charge in [0.15, 0.2) is 0 Å². The molecule has 2 N–H and O–H groups in total. The number of hydrogen-bond donors (Lipinski definition) is 2. The van der Waals surface area contributed by atoms with Crippen molar-refractivity contribution in [3.05, 3.63) is 0 Å². The number of nitrogens with one attached hydrogen (secondary N) is 1. The predicted octanol–water partition coefficient (Wildman–Crippen LogP) is 0.587. The Morgan fingerprint density at radius 1 is 1.33 bits per heavy atom. The number of carbonyl (C=O) groups is 2. The summed E-state index contributed by atoms with van der Waals surface area (Å²) in [5, 5.41) is 11.7. The summed E-state index contributed by atoms with van der Waals surface area (Å²) in [4.78, 5) is 26.1. The van der Waals surface area contributed by atoms with Crippen LogP contribution < -0.4 is 5.32 Å². The molecule has 0 atom stereocenters. The van der Waals surface area contributed by atoms with E-state index in [4.69, 9.17) is 5.11 Å². The first-order valence-corrected chi connectivity index (χ1v) is 6.44. The molecule has 0 saturated heterocycles. The average Bonchev–Trinajstić information content (AvgIpc) is 3.13. The van der Waals surface area contributed by atoms with Crippen LogP contribution in [0.3, 0.4) is 0 Å². The van der Waals surface area contributed by atoms with Gasteiger partial charge >= 0.3 is 12.0 Å². The highest BCUT2D eigenvalue weighted by molar-refractivity contribution is 5.76. The molecule has 0 spiro atoms. The summed E-state index contributed by atoms with van der Waals surface area (Å²) < 4.78 is 0. The zero-order chi connectivity index (χ0) is 13.5. The van der Waals surface area contributed by atoms with Gasteiger partial charge in [-0.05, 0) is 32.9 Å². The molecule has 1 aliphatic rings. The molecule has 0 aromatic carbocycles. The van der Waals surface area contributed by atoms with Crippen molar-refractivity contribution >= 4 is 12.0 Å².